The number of aromatic nitrogens is 2. The topological polar surface area (TPSA) is 131 Å². The number of likely N-dealkylation sites (tertiary alicyclic amines) is 1. The van der Waals surface area contributed by atoms with E-state index in [1.165, 1.54) is 11.2 Å². The normalized spacial score (nSPS) is 20.4. The molecule has 3 heterocycles. The number of ether oxygens (including phenoxy) is 3. The molecule has 0 spiro atoms. The zero-order chi connectivity index (χ0) is 28.3. The zero-order valence-corrected chi connectivity index (χ0v) is 24.2. The van der Waals surface area contributed by atoms with E-state index in [2.05, 4.69) is 9.97 Å². The van der Waals surface area contributed by atoms with Crippen LogP contribution in [-0.2, 0) is 24.3 Å². The molecule has 39 heavy (non-hydrogen) atoms. The van der Waals surface area contributed by atoms with Gasteiger partial charge >= 0.3 is 12.1 Å². The summed E-state index contributed by atoms with van der Waals surface area (Å²) in [4.78, 5) is 36.0. The summed E-state index contributed by atoms with van der Waals surface area (Å²) in [5.41, 5.74) is -0.933. The van der Waals surface area contributed by atoms with Crippen LogP contribution in [0.2, 0.25) is 0 Å². The number of piperazine rings is 1. The molecule has 2 aliphatic heterocycles. The molecule has 12 nitrogen and oxygen atoms in total. The van der Waals surface area contributed by atoms with E-state index in [9.17, 15) is 18.0 Å². The quantitative estimate of drug-likeness (QED) is 0.388. The summed E-state index contributed by atoms with van der Waals surface area (Å²) >= 11 is 0. The van der Waals surface area contributed by atoms with Crippen LogP contribution in [0.1, 0.15) is 53.4 Å². The predicted molar refractivity (Wildman–Crippen MR) is 144 cm³/mol. The van der Waals surface area contributed by atoms with Gasteiger partial charge in [0, 0.05) is 51.6 Å². The minimum absolute atomic E-state index is 0.0545. The molecule has 13 heteroatoms. The minimum atomic E-state index is -3.50. The molecule has 1 aromatic heterocycles. The van der Waals surface area contributed by atoms with E-state index >= 15 is 0 Å². The second kappa shape index (κ2) is 11.8. The van der Waals surface area contributed by atoms with Gasteiger partial charge in [-0.05, 0) is 38.5 Å². The number of rotatable bonds is 10. The highest BCUT2D eigenvalue weighted by atomic mass is 32.2. The van der Waals surface area contributed by atoms with Crippen LogP contribution in [0.15, 0.2) is 12.4 Å². The molecule has 0 unspecified atom stereocenters. The fourth-order valence-corrected chi connectivity index (χ4v) is 6.68. The van der Waals surface area contributed by atoms with Crippen LogP contribution in [0.3, 0.4) is 0 Å². The van der Waals surface area contributed by atoms with Crippen molar-refractivity contribution in [3.63, 3.8) is 0 Å². The molecule has 1 aliphatic carbocycles. The van der Waals surface area contributed by atoms with Gasteiger partial charge in [0.2, 0.25) is 15.9 Å². The second-order valence-electron chi connectivity index (χ2n) is 11.9. The third-order valence-corrected chi connectivity index (χ3v) is 9.74. The van der Waals surface area contributed by atoms with Gasteiger partial charge in [0.15, 0.2) is 0 Å². The molecule has 218 valence electrons. The van der Waals surface area contributed by atoms with E-state index in [0.717, 1.165) is 25.7 Å². The molecule has 0 N–H and O–H groups in total. The Morgan fingerprint density at radius 2 is 1.72 bits per heavy atom. The molecular weight excluding hydrogens is 526 g/mol. The highest BCUT2D eigenvalue weighted by Gasteiger charge is 2.43. The summed E-state index contributed by atoms with van der Waals surface area (Å²) in [7, 11) is -3.50. The number of nitrogens with zero attached hydrogens (tertiary/aromatic N) is 5. The van der Waals surface area contributed by atoms with Crippen molar-refractivity contribution in [1.82, 2.24) is 19.2 Å². The molecule has 0 atom stereocenters. The zero-order valence-electron chi connectivity index (χ0n) is 23.4. The molecule has 3 aliphatic rings. The number of hydrogen-bond acceptors (Lipinski definition) is 10. The lowest BCUT2D eigenvalue weighted by Crippen LogP contribution is -2.51. The van der Waals surface area contributed by atoms with Gasteiger partial charge in [0.25, 0.3) is 0 Å². The lowest BCUT2D eigenvalue weighted by Gasteiger charge is -2.36. The summed E-state index contributed by atoms with van der Waals surface area (Å²) in [5, 5.41) is 0. The lowest BCUT2D eigenvalue weighted by molar-refractivity contribution is -0.143. The summed E-state index contributed by atoms with van der Waals surface area (Å²) < 4.78 is 43.8. The number of carbonyl (C=O) groups excluding carboxylic acids is 2. The van der Waals surface area contributed by atoms with Crippen molar-refractivity contribution in [2.24, 2.45) is 11.3 Å². The average molecular weight is 568 g/mol. The number of piperidine rings is 1. The molecule has 1 aromatic rings. The molecule has 2 saturated heterocycles. The Kier molecular flexibility index (Phi) is 8.89. The van der Waals surface area contributed by atoms with Gasteiger partial charge < -0.3 is 24.0 Å². The van der Waals surface area contributed by atoms with Crippen molar-refractivity contribution in [2.75, 3.05) is 63.1 Å². The van der Waals surface area contributed by atoms with Crippen LogP contribution in [-0.4, -0.2) is 103 Å². The van der Waals surface area contributed by atoms with Crippen LogP contribution in [0, 0.1) is 11.3 Å². The largest absolute Gasteiger partial charge is 0.476 e. The number of sulfonamides is 1. The second-order valence-corrected chi connectivity index (χ2v) is 13.8. The molecule has 0 radical (unpaired) electrons. The number of anilines is 1. The first kappa shape index (κ1) is 29.3. The van der Waals surface area contributed by atoms with Crippen LogP contribution >= 0.6 is 0 Å². The third kappa shape index (κ3) is 8.41. The Labute approximate surface area is 231 Å². The number of carbonyl (C=O) groups is 2. The van der Waals surface area contributed by atoms with Crippen molar-refractivity contribution in [3.8, 4) is 5.88 Å². The van der Waals surface area contributed by atoms with Gasteiger partial charge in [-0.15, -0.1) is 0 Å². The molecular formula is C26H41N5O7S. The smallest absolute Gasteiger partial charge is 0.410 e. The van der Waals surface area contributed by atoms with Gasteiger partial charge in [-0.1, -0.05) is 13.8 Å². The lowest BCUT2D eigenvalue weighted by atomic mass is 9.98. The molecule has 3 fully saturated rings. The Morgan fingerprint density at radius 3 is 2.28 bits per heavy atom. The molecule has 1 saturated carbocycles. The minimum Gasteiger partial charge on any atom is -0.476 e. The number of esters is 1. The van der Waals surface area contributed by atoms with Gasteiger partial charge in [-0.3, -0.25) is 4.79 Å². The first-order valence-electron chi connectivity index (χ1n) is 13.6. The maximum Gasteiger partial charge on any atom is 0.410 e. The summed E-state index contributed by atoms with van der Waals surface area (Å²) in [5.74, 6) is 0.932. The fraction of sp³-hybridized carbons (Fsp3) is 0.769. The summed E-state index contributed by atoms with van der Waals surface area (Å²) in [6.45, 7) is 10.4. The Bertz CT molecular complexity index is 1110. The van der Waals surface area contributed by atoms with Crippen LogP contribution in [0.25, 0.3) is 0 Å². The van der Waals surface area contributed by atoms with E-state index in [1.54, 1.807) is 31.1 Å². The first-order chi connectivity index (χ1) is 18.3. The van der Waals surface area contributed by atoms with Crippen molar-refractivity contribution >= 4 is 27.9 Å². The van der Waals surface area contributed by atoms with Gasteiger partial charge in [0.1, 0.15) is 11.4 Å². The van der Waals surface area contributed by atoms with Crippen molar-refractivity contribution in [2.45, 2.75) is 59.0 Å². The van der Waals surface area contributed by atoms with E-state index < -0.39 is 21.4 Å². The summed E-state index contributed by atoms with van der Waals surface area (Å²) in [6, 6.07) is 0. The van der Waals surface area contributed by atoms with Crippen LogP contribution < -0.4 is 9.64 Å². The third-order valence-electron chi connectivity index (χ3n) is 7.44. The first-order valence-corrected chi connectivity index (χ1v) is 15.2. The highest BCUT2D eigenvalue weighted by molar-refractivity contribution is 7.89. The predicted octanol–water partition coefficient (Wildman–Crippen LogP) is 2.30. The van der Waals surface area contributed by atoms with E-state index in [4.69, 9.17) is 14.2 Å². The van der Waals surface area contributed by atoms with Crippen LogP contribution in [0.5, 0.6) is 5.88 Å². The number of amides is 1. The molecule has 0 aromatic carbocycles. The van der Waals surface area contributed by atoms with E-state index in [1.807, 2.05) is 11.8 Å². The van der Waals surface area contributed by atoms with Gasteiger partial charge in [-0.25, -0.2) is 23.2 Å². The standard InChI is InChI=1S/C26H41N5O7S/c1-20(32)37-18-25(2,3)19-39(34,35)31-13-11-29(12-14-31)22-15-28-23(16-27-22)36-17-21-5-9-30(10-6-21)24(33)38-26(4)7-8-26/h15-16,21H,5-14,17-19H2,1-4H3. The van der Waals surface area contributed by atoms with E-state index in [-0.39, 0.29) is 24.1 Å². The van der Waals surface area contributed by atoms with Gasteiger partial charge in [-0.2, -0.15) is 4.31 Å². The fourth-order valence-electron chi connectivity index (χ4n) is 4.71. The van der Waals surface area contributed by atoms with Crippen molar-refractivity contribution < 1.29 is 32.2 Å². The highest BCUT2D eigenvalue weighted by Crippen LogP contribution is 2.39. The van der Waals surface area contributed by atoms with Crippen molar-refractivity contribution in [3.05, 3.63) is 12.4 Å². The monoisotopic (exact) mass is 567 g/mol. The van der Waals surface area contributed by atoms with Crippen LogP contribution in [0.4, 0.5) is 10.6 Å². The SMILES string of the molecule is CC(=O)OCC(C)(C)CS(=O)(=O)N1CCN(c2cnc(OCC3CCN(C(=O)OC4(C)CC4)CC3)cn2)CC1. The summed E-state index contributed by atoms with van der Waals surface area (Å²) in [6.07, 6.45) is 6.63. The Morgan fingerprint density at radius 1 is 1.05 bits per heavy atom. The van der Waals surface area contributed by atoms with E-state index in [0.29, 0.717) is 63.5 Å². The Balaban J connectivity index is 1.18. The molecule has 4 rings (SSSR count). The molecule has 1 amide bonds. The maximum atomic E-state index is 12.9. The average Bonchev–Trinajstić information content (AvgIpc) is 3.62. The number of hydrogen-bond donors (Lipinski definition) is 0. The van der Waals surface area contributed by atoms with Gasteiger partial charge in [0.05, 0.1) is 31.4 Å². The van der Waals surface area contributed by atoms with Crippen molar-refractivity contribution in [1.29, 1.82) is 0 Å². The maximum absolute atomic E-state index is 12.9. The molecule has 0 bridgehead atoms. The Hall–Kier alpha value is -2.67.